The van der Waals surface area contributed by atoms with Crippen LogP contribution in [0.25, 0.3) is 0 Å². The molecule has 0 bridgehead atoms. The van der Waals surface area contributed by atoms with Crippen LogP contribution in [0, 0.1) is 13.8 Å². The molecule has 0 unspecified atom stereocenters. The Bertz CT molecular complexity index is 409. The van der Waals surface area contributed by atoms with E-state index in [1.54, 1.807) is 10.6 Å². The van der Waals surface area contributed by atoms with Crippen molar-refractivity contribution in [2.45, 2.75) is 26.8 Å². The van der Waals surface area contributed by atoms with Crippen molar-refractivity contribution < 1.29 is 0 Å². The Kier molecular flexibility index (Phi) is 3.63. The van der Waals surface area contributed by atoms with Crippen molar-refractivity contribution in [3.63, 3.8) is 0 Å². The number of hydrogen-bond acceptors (Lipinski definition) is 2. The number of rotatable bonds is 3. The molecule has 0 aliphatic carbocycles. The zero-order valence-electron chi connectivity index (χ0n) is 8.38. The quantitative estimate of drug-likeness (QED) is 0.778. The van der Waals surface area contributed by atoms with Crippen LogP contribution in [0.3, 0.4) is 0 Å². The van der Waals surface area contributed by atoms with Gasteiger partial charge in [0.25, 0.3) is 0 Å². The molecule has 76 valence electrons. The normalized spacial score (nSPS) is 10.2. The molecule has 0 fully saturated rings. The first-order valence-corrected chi connectivity index (χ1v) is 5.21. The van der Waals surface area contributed by atoms with Crippen LogP contribution in [0.1, 0.15) is 17.8 Å². The summed E-state index contributed by atoms with van der Waals surface area (Å²) in [5.41, 5.74) is 1.47. The van der Waals surface area contributed by atoms with E-state index in [2.05, 4.69) is 27.5 Å². The first-order valence-electron chi connectivity index (χ1n) is 4.42. The van der Waals surface area contributed by atoms with Gasteiger partial charge in [-0.3, -0.25) is 4.57 Å². The Balaban J connectivity index is 3.22. The minimum atomic E-state index is -0.190. The predicted octanol–water partition coefficient (Wildman–Crippen LogP) is 2.20. The lowest BCUT2D eigenvalue weighted by molar-refractivity contribution is 0.631. The van der Waals surface area contributed by atoms with Crippen LogP contribution in [-0.2, 0) is 6.54 Å². The summed E-state index contributed by atoms with van der Waals surface area (Å²) in [5, 5.41) is 0. The molecule has 0 spiro atoms. The molecule has 0 saturated heterocycles. The van der Waals surface area contributed by atoms with Gasteiger partial charge in [-0.25, -0.2) is 4.79 Å². The average molecular weight is 257 g/mol. The fraction of sp³-hybridized carbons (Fsp3) is 0.400. The summed E-state index contributed by atoms with van der Waals surface area (Å²) in [6.07, 6.45) is 2.57. The van der Waals surface area contributed by atoms with Gasteiger partial charge in [-0.1, -0.05) is 6.08 Å². The summed E-state index contributed by atoms with van der Waals surface area (Å²) in [6, 6.07) is 0. The van der Waals surface area contributed by atoms with Crippen molar-refractivity contribution in [2.24, 2.45) is 0 Å². The van der Waals surface area contributed by atoms with Crippen molar-refractivity contribution >= 4 is 15.9 Å². The maximum atomic E-state index is 11.5. The minimum Gasteiger partial charge on any atom is -0.295 e. The lowest BCUT2D eigenvalue weighted by atomic mass is 10.3. The monoisotopic (exact) mass is 256 g/mol. The Hall–Kier alpha value is -0.900. The summed E-state index contributed by atoms with van der Waals surface area (Å²) < 4.78 is 2.56. The highest BCUT2D eigenvalue weighted by Crippen LogP contribution is 2.16. The summed E-state index contributed by atoms with van der Waals surface area (Å²) in [7, 11) is 0. The van der Waals surface area contributed by atoms with Crippen molar-refractivity contribution in [3.8, 4) is 0 Å². The van der Waals surface area contributed by atoms with Crippen LogP contribution in [-0.4, -0.2) is 9.55 Å². The zero-order chi connectivity index (χ0) is 10.7. The second-order valence-electron chi connectivity index (χ2n) is 3.11. The zero-order valence-corrected chi connectivity index (χ0v) is 9.97. The smallest absolute Gasteiger partial charge is 0.295 e. The van der Waals surface area contributed by atoms with Gasteiger partial charge in [-0.05, 0) is 36.2 Å². The summed E-state index contributed by atoms with van der Waals surface area (Å²) in [6.45, 7) is 7.99. The number of hydrogen-bond donors (Lipinski definition) is 0. The number of nitrogens with zero attached hydrogens (tertiary/aromatic N) is 2. The SMILES string of the molecule is C=CCCn1c(C)c(Br)c(C)nc1=O. The van der Waals surface area contributed by atoms with E-state index in [-0.39, 0.29) is 5.69 Å². The van der Waals surface area contributed by atoms with Crippen molar-refractivity contribution in [2.75, 3.05) is 0 Å². The van der Waals surface area contributed by atoms with Crippen LogP contribution in [0.5, 0.6) is 0 Å². The van der Waals surface area contributed by atoms with E-state index in [0.717, 1.165) is 22.3 Å². The van der Waals surface area contributed by atoms with Crippen molar-refractivity contribution in [1.29, 1.82) is 0 Å². The van der Waals surface area contributed by atoms with Gasteiger partial charge >= 0.3 is 5.69 Å². The summed E-state index contributed by atoms with van der Waals surface area (Å²) in [4.78, 5) is 15.4. The molecule has 4 heteroatoms. The third kappa shape index (κ3) is 2.12. The summed E-state index contributed by atoms with van der Waals surface area (Å²) >= 11 is 3.41. The molecule has 0 amide bonds. The van der Waals surface area contributed by atoms with E-state index in [4.69, 9.17) is 0 Å². The first kappa shape index (κ1) is 11.2. The molecule has 1 rings (SSSR count). The fourth-order valence-electron chi connectivity index (χ4n) is 1.26. The molecule has 1 aromatic heterocycles. The molecule has 1 aromatic rings. The molecule has 0 aliphatic rings. The van der Waals surface area contributed by atoms with E-state index in [9.17, 15) is 4.79 Å². The van der Waals surface area contributed by atoms with Gasteiger partial charge < -0.3 is 0 Å². The molecular formula is C10H13BrN2O. The largest absolute Gasteiger partial charge is 0.348 e. The average Bonchev–Trinajstić information content (AvgIpc) is 2.14. The van der Waals surface area contributed by atoms with Crippen molar-refractivity contribution in [3.05, 3.63) is 39.0 Å². The molecule has 14 heavy (non-hydrogen) atoms. The maximum Gasteiger partial charge on any atom is 0.348 e. The molecule has 0 aromatic carbocycles. The second-order valence-corrected chi connectivity index (χ2v) is 3.90. The molecule has 0 N–H and O–H groups in total. The number of halogens is 1. The Labute approximate surface area is 91.6 Å². The highest BCUT2D eigenvalue weighted by molar-refractivity contribution is 9.10. The lowest BCUT2D eigenvalue weighted by Crippen LogP contribution is -2.26. The standard InChI is InChI=1S/C10H13BrN2O/c1-4-5-6-13-8(3)9(11)7(2)12-10(13)14/h4H,1,5-6H2,2-3H3. The Morgan fingerprint density at radius 2 is 2.21 bits per heavy atom. The van der Waals surface area contributed by atoms with E-state index in [1.165, 1.54) is 0 Å². The highest BCUT2D eigenvalue weighted by atomic mass is 79.9. The topological polar surface area (TPSA) is 34.9 Å². The third-order valence-electron chi connectivity index (χ3n) is 2.09. The van der Waals surface area contributed by atoms with E-state index < -0.39 is 0 Å². The second kappa shape index (κ2) is 4.55. The molecule has 0 aliphatic heterocycles. The lowest BCUT2D eigenvalue weighted by Gasteiger charge is -2.10. The molecule has 3 nitrogen and oxygen atoms in total. The molecular weight excluding hydrogens is 244 g/mol. The maximum absolute atomic E-state index is 11.5. The van der Waals surface area contributed by atoms with Crippen LogP contribution < -0.4 is 5.69 Å². The first-order chi connectivity index (χ1) is 6.57. The van der Waals surface area contributed by atoms with Gasteiger partial charge in [0.1, 0.15) is 0 Å². The van der Waals surface area contributed by atoms with Crippen LogP contribution in [0.2, 0.25) is 0 Å². The predicted molar refractivity (Wildman–Crippen MR) is 60.5 cm³/mol. The molecule has 0 atom stereocenters. The number of aromatic nitrogens is 2. The van der Waals surface area contributed by atoms with E-state index in [0.29, 0.717) is 6.54 Å². The number of aryl methyl sites for hydroxylation is 1. The molecule has 0 saturated carbocycles. The van der Waals surface area contributed by atoms with Crippen LogP contribution in [0.4, 0.5) is 0 Å². The van der Waals surface area contributed by atoms with Gasteiger partial charge in [0, 0.05) is 12.2 Å². The Morgan fingerprint density at radius 1 is 1.57 bits per heavy atom. The van der Waals surface area contributed by atoms with Crippen LogP contribution >= 0.6 is 15.9 Å². The molecule has 0 radical (unpaired) electrons. The van der Waals surface area contributed by atoms with E-state index in [1.807, 2.05) is 13.8 Å². The number of allylic oxidation sites excluding steroid dienone is 1. The fourth-order valence-corrected chi connectivity index (χ4v) is 1.56. The summed E-state index contributed by atoms with van der Waals surface area (Å²) in [5.74, 6) is 0. The highest BCUT2D eigenvalue weighted by Gasteiger charge is 2.07. The minimum absolute atomic E-state index is 0.190. The van der Waals surface area contributed by atoms with Gasteiger partial charge in [-0.15, -0.1) is 6.58 Å². The van der Waals surface area contributed by atoms with E-state index >= 15 is 0 Å². The third-order valence-corrected chi connectivity index (χ3v) is 3.24. The van der Waals surface area contributed by atoms with Gasteiger partial charge in [0.15, 0.2) is 0 Å². The van der Waals surface area contributed by atoms with Gasteiger partial charge in [0.05, 0.1) is 10.2 Å². The van der Waals surface area contributed by atoms with Gasteiger partial charge in [-0.2, -0.15) is 4.98 Å². The van der Waals surface area contributed by atoms with Crippen LogP contribution in [0.15, 0.2) is 21.9 Å². The van der Waals surface area contributed by atoms with Crippen molar-refractivity contribution in [1.82, 2.24) is 9.55 Å². The van der Waals surface area contributed by atoms with Gasteiger partial charge in [0.2, 0.25) is 0 Å². The molecule has 1 heterocycles. The Morgan fingerprint density at radius 3 is 2.79 bits per heavy atom.